The number of aromatic nitrogens is 1. The number of pyridine rings is 1. The van der Waals surface area contributed by atoms with E-state index >= 15 is 0 Å². The molecule has 0 fully saturated rings. The summed E-state index contributed by atoms with van der Waals surface area (Å²) >= 11 is 0. The predicted octanol–water partition coefficient (Wildman–Crippen LogP) is 2.05. The third kappa shape index (κ3) is 3.56. The fourth-order valence-electron chi connectivity index (χ4n) is 1.24. The van der Waals surface area contributed by atoms with E-state index in [-0.39, 0.29) is 6.42 Å². The molecule has 0 saturated carbocycles. The highest BCUT2D eigenvalue weighted by Crippen LogP contribution is 2.05. The zero-order valence-electron chi connectivity index (χ0n) is 8.36. The predicted molar refractivity (Wildman–Crippen MR) is 54.2 cm³/mol. The number of aliphatic carboxylic acids is 1. The van der Waals surface area contributed by atoms with Crippen molar-refractivity contribution in [1.82, 2.24) is 4.98 Å². The quantitative estimate of drug-likeness (QED) is 0.778. The van der Waals surface area contributed by atoms with E-state index in [1.54, 1.807) is 12.3 Å². The lowest BCUT2D eigenvalue weighted by Crippen LogP contribution is -2.02. The van der Waals surface area contributed by atoms with Gasteiger partial charge in [0.1, 0.15) is 0 Å². The molecule has 1 N–H and O–H groups in total. The molecular formula is C11H15NO2. The van der Waals surface area contributed by atoms with Crippen molar-refractivity contribution in [3.63, 3.8) is 0 Å². The summed E-state index contributed by atoms with van der Waals surface area (Å²) in [6.45, 7) is 2.15. The Balaban J connectivity index is 2.54. The van der Waals surface area contributed by atoms with Gasteiger partial charge in [0, 0.05) is 6.20 Å². The van der Waals surface area contributed by atoms with Crippen molar-refractivity contribution in [2.75, 3.05) is 0 Å². The van der Waals surface area contributed by atoms with E-state index in [0.29, 0.717) is 5.69 Å². The first-order chi connectivity index (χ1) is 6.72. The van der Waals surface area contributed by atoms with Crippen molar-refractivity contribution < 1.29 is 9.90 Å². The Hall–Kier alpha value is -1.38. The summed E-state index contributed by atoms with van der Waals surface area (Å²) in [5.74, 6) is -0.834. The van der Waals surface area contributed by atoms with Gasteiger partial charge in [0.15, 0.2) is 0 Å². The van der Waals surface area contributed by atoms with Crippen LogP contribution in [0.5, 0.6) is 0 Å². The van der Waals surface area contributed by atoms with Gasteiger partial charge in [0.25, 0.3) is 0 Å². The highest BCUT2D eigenvalue weighted by atomic mass is 16.4. The first-order valence-corrected chi connectivity index (χ1v) is 4.88. The van der Waals surface area contributed by atoms with Crippen LogP contribution in [0.2, 0.25) is 0 Å². The summed E-state index contributed by atoms with van der Waals surface area (Å²) in [5, 5.41) is 8.54. The van der Waals surface area contributed by atoms with Gasteiger partial charge in [-0.25, -0.2) is 0 Å². The SMILES string of the molecule is CCCCc1ccc(CC(=O)O)nc1. The molecule has 0 aliphatic carbocycles. The molecule has 76 valence electrons. The molecule has 0 atom stereocenters. The fraction of sp³-hybridized carbons (Fsp3) is 0.455. The second-order valence-corrected chi connectivity index (χ2v) is 3.33. The zero-order valence-corrected chi connectivity index (χ0v) is 8.36. The third-order valence-electron chi connectivity index (χ3n) is 2.04. The van der Waals surface area contributed by atoms with Gasteiger partial charge in [-0.05, 0) is 24.5 Å². The molecule has 3 nitrogen and oxygen atoms in total. The number of nitrogens with zero attached hydrogens (tertiary/aromatic N) is 1. The van der Waals surface area contributed by atoms with Crippen LogP contribution in [0.3, 0.4) is 0 Å². The molecule has 0 aliphatic heterocycles. The number of hydrogen-bond donors (Lipinski definition) is 1. The summed E-state index contributed by atoms with van der Waals surface area (Å²) in [5.41, 5.74) is 1.80. The van der Waals surface area contributed by atoms with E-state index in [0.717, 1.165) is 19.3 Å². The van der Waals surface area contributed by atoms with Gasteiger partial charge in [0.2, 0.25) is 0 Å². The van der Waals surface area contributed by atoms with Gasteiger partial charge in [0.05, 0.1) is 12.1 Å². The number of aryl methyl sites for hydroxylation is 1. The van der Waals surface area contributed by atoms with E-state index in [4.69, 9.17) is 5.11 Å². The molecule has 1 heterocycles. The Morgan fingerprint density at radius 1 is 1.50 bits per heavy atom. The first-order valence-electron chi connectivity index (χ1n) is 4.88. The standard InChI is InChI=1S/C11H15NO2/c1-2-3-4-9-5-6-10(12-8-9)7-11(13)14/h5-6,8H,2-4,7H2,1H3,(H,13,14). The van der Waals surface area contributed by atoms with Crippen molar-refractivity contribution in [3.8, 4) is 0 Å². The Labute approximate surface area is 83.8 Å². The van der Waals surface area contributed by atoms with Crippen LogP contribution in [-0.4, -0.2) is 16.1 Å². The first kappa shape index (κ1) is 10.7. The van der Waals surface area contributed by atoms with Crippen LogP contribution in [0.25, 0.3) is 0 Å². The number of carboxylic acids is 1. The van der Waals surface area contributed by atoms with Gasteiger partial charge in [-0.2, -0.15) is 0 Å². The molecule has 0 aromatic carbocycles. The second kappa shape index (κ2) is 5.37. The molecule has 0 aliphatic rings. The van der Waals surface area contributed by atoms with E-state index in [9.17, 15) is 4.79 Å². The Morgan fingerprint density at radius 2 is 2.29 bits per heavy atom. The van der Waals surface area contributed by atoms with E-state index in [1.165, 1.54) is 5.56 Å². The van der Waals surface area contributed by atoms with Crippen LogP contribution in [0.1, 0.15) is 31.0 Å². The average Bonchev–Trinajstić information content (AvgIpc) is 2.16. The largest absolute Gasteiger partial charge is 0.481 e. The van der Waals surface area contributed by atoms with Crippen molar-refractivity contribution in [2.24, 2.45) is 0 Å². The molecule has 0 bridgehead atoms. The minimum absolute atomic E-state index is 0.00799. The summed E-state index contributed by atoms with van der Waals surface area (Å²) in [6, 6.07) is 3.75. The molecular weight excluding hydrogens is 178 g/mol. The van der Waals surface area contributed by atoms with Gasteiger partial charge in [-0.3, -0.25) is 9.78 Å². The molecule has 0 spiro atoms. The van der Waals surface area contributed by atoms with E-state index in [2.05, 4.69) is 11.9 Å². The van der Waals surface area contributed by atoms with Gasteiger partial charge < -0.3 is 5.11 Å². The summed E-state index contributed by atoms with van der Waals surface area (Å²) < 4.78 is 0. The number of rotatable bonds is 5. The topological polar surface area (TPSA) is 50.2 Å². The average molecular weight is 193 g/mol. The maximum absolute atomic E-state index is 10.4. The molecule has 0 unspecified atom stereocenters. The van der Waals surface area contributed by atoms with E-state index in [1.807, 2.05) is 6.07 Å². The van der Waals surface area contributed by atoms with Crippen LogP contribution < -0.4 is 0 Å². The Morgan fingerprint density at radius 3 is 2.79 bits per heavy atom. The van der Waals surface area contributed by atoms with Crippen molar-refractivity contribution >= 4 is 5.97 Å². The number of carboxylic acid groups (broad SMARTS) is 1. The lowest BCUT2D eigenvalue weighted by molar-refractivity contribution is -0.136. The maximum atomic E-state index is 10.4. The normalized spacial score (nSPS) is 10.1. The Kier molecular flexibility index (Phi) is 4.11. The molecule has 1 rings (SSSR count). The van der Waals surface area contributed by atoms with Crippen LogP contribution in [0.4, 0.5) is 0 Å². The molecule has 3 heteroatoms. The van der Waals surface area contributed by atoms with Crippen LogP contribution in [0, 0.1) is 0 Å². The Bertz CT molecular complexity index is 293. The zero-order chi connectivity index (χ0) is 10.4. The van der Waals surface area contributed by atoms with Gasteiger partial charge >= 0.3 is 5.97 Å². The smallest absolute Gasteiger partial charge is 0.309 e. The lowest BCUT2D eigenvalue weighted by atomic mass is 10.1. The van der Waals surface area contributed by atoms with Crippen LogP contribution >= 0.6 is 0 Å². The van der Waals surface area contributed by atoms with Gasteiger partial charge in [-0.15, -0.1) is 0 Å². The summed E-state index contributed by atoms with van der Waals surface area (Å²) in [6.07, 6.45) is 5.12. The number of carbonyl (C=O) groups is 1. The van der Waals surface area contributed by atoms with Crippen molar-refractivity contribution in [1.29, 1.82) is 0 Å². The number of unbranched alkanes of at least 4 members (excludes halogenated alkanes) is 1. The molecule has 1 aromatic heterocycles. The number of hydrogen-bond acceptors (Lipinski definition) is 2. The molecule has 14 heavy (non-hydrogen) atoms. The molecule has 0 saturated heterocycles. The maximum Gasteiger partial charge on any atom is 0.309 e. The third-order valence-corrected chi connectivity index (χ3v) is 2.04. The lowest BCUT2D eigenvalue weighted by Gasteiger charge is -2.00. The molecule has 1 aromatic rings. The molecule has 0 radical (unpaired) electrons. The highest BCUT2D eigenvalue weighted by Gasteiger charge is 2.01. The summed E-state index contributed by atoms with van der Waals surface area (Å²) in [7, 11) is 0. The summed E-state index contributed by atoms with van der Waals surface area (Å²) in [4.78, 5) is 14.5. The van der Waals surface area contributed by atoms with Crippen molar-refractivity contribution in [3.05, 3.63) is 29.6 Å². The second-order valence-electron chi connectivity index (χ2n) is 3.33. The highest BCUT2D eigenvalue weighted by molar-refractivity contribution is 5.69. The van der Waals surface area contributed by atoms with Crippen LogP contribution in [0.15, 0.2) is 18.3 Å². The minimum atomic E-state index is -0.834. The monoisotopic (exact) mass is 193 g/mol. The molecule has 0 amide bonds. The van der Waals surface area contributed by atoms with Crippen LogP contribution in [-0.2, 0) is 17.6 Å². The van der Waals surface area contributed by atoms with Gasteiger partial charge in [-0.1, -0.05) is 19.4 Å². The minimum Gasteiger partial charge on any atom is -0.481 e. The van der Waals surface area contributed by atoms with E-state index < -0.39 is 5.97 Å². The fourth-order valence-corrected chi connectivity index (χ4v) is 1.24. The van der Waals surface area contributed by atoms with Crippen molar-refractivity contribution in [2.45, 2.75) is 32.6 Å².